The van der Waals surface area contributed by atoms with E-state index in [9.17, 15) is 10.1 Å². The Bertz CT molecular complexity index is 1040. The molecule has 0 fully saturated rings. The standard InChI is InChI=1S/C23H22N4O2/c1-16-3-7-18(8-4-16)22-20(15-26-27-22)13-19(14-24)23(28)25-12-11-17-5-9-21(29-2)10-6-17/h3-10,13,15H,11-12H2,1-2H3,(H,25,28)(H,26,27)/b19-13+. The van der Waals surface area contributed by atoms with E-state index in [0.717, 1.165) is 28.1 Å². The van der Waals surface area contributed by atoms with Crippen molar-refractivity contribution in [3.05, 3.63) is 77.0 Å². The highest BCUT2D eigenvalue weighted by Crippen LogP contribution is 2.23. The molecule has 0 atom stereocenters. The monoisotopic (exact) mass is 386 g/mol. The first-order valence-electron chi connectivity index (χ1n) is 9.24. The van der Waals surface area contributed by atoms with Crippen molar-refractivity contribution >= 4 is 12.0 Å². The van der Waals surface area contributed by atoms with E-state index in [1.807, 2.05) is 61.5 Å². The van der Waals surface area contributed by atoms with Crippen LogP contribution < -0.4 is 10.1 Å². The number of nitriles is 1. The minimum Gasteiger partial charge on any atom is -0.497 e. The molecule has 3 aromatic rings. The van der Waals surface area contributed by atoms with Gasteiger partial charge in [-0.25, -0.2) is 0 Å². The maximum atomic E-state index is 12.4. The third kappa shape index (κ3) is 5.11. The Labute approximate surface area is 169 Å². The Morgan fingerprint density at radius 1 is 1.21 bits per heavy atom. The zero-order valence-electron chi connectivity index (χ0n) is 16.4. The molecule has 0 saturated carbocycles. The molecule has 1 amide bonds. The topological polar surface area (TPSA) is 90.8 Å². The van der Waals surface area contributed by atoms with Crippen LogP contribution in [0.1, 0.15) is 16.7 Å². The molecule has 6 nitrogen and oxygen atoms in total. The van der Waals surface area contributed by atoms with E-state index in [1.165, 1.54) is 0 Å². The van der Waals surface area contributed by atoms with Crippen LogP contribution in [0.3, 0.4) is 0 Å². The number of aromatic nitrogens is 2. The van der Waals surface area contributed by atoms with Gasteiger partial charge in [0.05, 0.1) is 19.0 Å². The lowest BCUT2D eigenvalue weighted by Gasteiger charge is -2.06. The third-order valence-electron chi connectivity index (χ3n) is 4.53. The summed E-state index contributed by atoms with van der Waals surface area (Å²) in [6.07, 6.45) is 3.83. The first-order chi connectivity index (χ1) is 14.1. The highest BCUT2D eigenvalue weighted by molar-refractivity contribution is 6.02. The Morgan fingerprint density at radius 2 is 1.93 bits per heavy atom. The summed E-state index contributed by atoms with van der Waals surface area (Å²) in [5.41, 5.74) is 4.66. The predicted molar refractivity (Wildman–Crippen MR) is 112 cm³/mol. The molecule has 0 radical (unpaired) electrons. The number of carbonyl (C=O) groups excluding carboxylic acids is 1. The van der Waals surface area contributed by atoms with Crippen molar-refractivity contribution in [1.29, 1.82) is 5.26 Å². The summed E-state index contributed by atoms with van der Waals surface area (Å²) >= 11 is 0. The van der Waals surface area contributed by atoms with Gasteiger partial charge in [-0.1, -0.05) is 42.0 Å². The van der Waals surface area contributed by atoms with Gasteiger partial charge in [-0.3, -0.25) is 9.89 Å². The van der Waals surface area contributed by atoms with Gasteiger partial charge in [0.15, 0.2) is 0 Å². The van der Waals surface area contributed by atoms with Gasteiger partial charge in [-0.15, -0.1) is 0 Å². The molecule has 2 aromatic carbocycles. The molecule has 2 N–H and O–H groups in total. The van der Waals surface area contributed by atoms with Gasteiger partial charge in [-0.05, 0) is 37.1 Å². The maximum Gasteiger partial charge on any atom is 0.261 e. The van der Waals surface area contributed by atoms with Gasteiger partial charge in [0.1, 0.15) is 17.4 Å². The van der Waals surface area contributed by atoms with Crippen LogP contribution in [0.5, 0.6) is 5.75 Å². The molecule has 6 heteroatoms. The van der Waals surface area contributed by atoms with Crippen molar-refractivity contribution in [2.45, 2.75) is 13.3 Å². The van der Waals surface area contributed by atoms with E-state index >= 15 is 0 Å². The van der Waals surface area contributed by atoms with Gasteiger partial charge >= 0.3 is 0 Å². The molecule has 1 heterocycles. The van der Waals surface area contributed by atoms with Gasteiger partial charge in [-0.2, -0.15) is 10.4 Å². The lowest BCUT2D eigenvalue weighted by atomic mass is 10.0. The molecule has 0 saturated heterocycles. The highest BCUT2D eigenvalue weighted by atomic mass is 16.5. The summed E-state index contributed by atoms with van der Waals surface area (Å²) in [5, 5.41) is 19.2. The van der Waals surface area contributed by atoms with Crippen LogP contribution in [0.4, 0.5) is 0 Å². The summed E-state index contributed by atoms with van der Waals surface area (Å²) in [6.45, 7) is 2.45. The highest BCUT2D eigenvalue weighted by Gasteiger charge is 2.12. The number of ether oxygens (including phenoxy) is 1. The fourth-order valence-corrected chi connectivity index (χ4v) is 2.87. The van der Waals surface area contributed by atoms with E-state index in [1.54, 1.807) is 19.4 Å². The number of aryl methyl sites for hydroxylation is 1. The summed E-state index contributed by atoms with van der Waals surface area (Å²) < 4.78 is 5.13. The van der Waals surface area contributed by atoms with Gasteiger partial charge in [0.2, 0.25) is 0 Å². The molecule has 1 aromatic heterocycles. The minimum absolute atomic E-state index is 0.0366. The van der Waals surface area contributed by atoms with E-state index in [0.29, 0.717) is 18.5 Å². The Kier molecular flexibility index (Phi) is 6.43. The number of aromatic amines is 1. The molecule has 0 bridgehead atoms. The average Bonchev–Trinajstić information content (AvgIpc) is 3.21. The van der Waals surface area contributed by atoms with E-state index in [-0.39, 0.29) is 5.57 Å². The fourth-order valence-electron chi connectivity index (χ4n) is 2.87. The fraction of sp³-hybridized carbons (Fsp3) is 0.174. The van der Waals surface area contributed by atoms with Crippen molar-refractivity contribution < 1.29 is 9.53 Å². The Hall–Kier alpha value is -3.85. The van der Waals surface area contributed by atoms with Crippen molar-refractivity contribution in [2.75, 3.05) is 13.7 Å². The van der Waals surface area contributed by atoms with Crippen LogP contribution in [-0.4, -0.2) is 29.8 Å². The van der Waals surface area contributed by atoms with E-state index in [4.69, 9.17) is 4.74 Å². The first-order valence-corrected chi connectivity index (χ1v) is 9.24. The SMILES string of the molecule is COc1ccc(CCNC(=O)/C(C#N)=C/c2cn[nH]c2-c2ccc(C)cc2)cc1. The number of nitrogens with one attached hydrogen (secondary N) is 2. The molecule has 0 aliphatic carbocycles. The molecule has 3 rings (SSSR count). The number of amides is 1. The third-order valence-corrected chi connectivity index (χ3v) is 4.53. The second kappa shape index (κ2) is 9.38. The lowest BCUT2D eigenvalue weighted by Crippen LogP contribution is -2.26. The van der Waals surface area contributed by atoms with Crippen LogP contribution >= 0.6 is 0 Å². The summed E-state index contributed by atoms with van der Waals surface area (Å²) in [6, 6.07) is 17.6. The number of rotatable bonds is 7. The van der Waals surface area contributed by atoms with Crippen LogP contribution in [0, 0.1) is 18.3 Å². The van der Waals surface area contributed by atoms with Crippen LogP contribution in [0.25, 0.3) is 17.3 Å². The molecule has 146 valence electrons. The minimum atomic E-state index is -0.405. The number of hydrogen-bond donors (Lipinski definition) is 2. The van der Waals surface area contributed by atoms with Crippen molar-refractivity contribution in [3.63, 3.8) is 0 Å². The van der Waals surface area contributed by atoms with Crippen LogP contribution in [0.2, 0.25) is 0 Å². The Balaban J connectivity index is 1.67. The van der Waals surface area contributed by atoms with Crippen molar-refractivity contribution in [2.24, 2.45) is 0 Å². The van der Waals surface area contributed by atoms with E-state index in [2.05, 4.69) is 15.5 Å². The molecule has 0 spiro atoms. The molecule has 29 heavy (non-hydrogen) atoms. The average molecular weight is 386 g/mol. The summed E-state index contributed by atoms with van der Waals surface area (Å²) in [7, 11) is 1.62. The summed E-state index contributed by atoms with van der Waals surface area (Å²) in [4.78, 5) is 12.4. The second-order valence-electron chi connectivity index (χ2n) is 6.59. The first kappa shape index (κ1) is 19.9. The smallest absolute Gasteiger partial charge is 0.261 e. The normalized spacial score (nSPS) is 11.0. The van der Waals surface area contributed by atoms with Gasteiger partial charge in [0.25, 0.3) is 5.91 Å². The number of benzene rings is 2. The predicted octanol–water partition coefficient (Wildman–Crippen LogP) is 3.66. The molecule has 0 aliphatic heterocycles. The number of nitrogens with zero attached hydrogens (tertiary/aromatic N) is 2. The molecule has 0 aliphatic rings. The quantitative estimate of drug-likeness (QED) is 0.479. The number of H-pyrrole nitrogens is 1. The number of methoxy groups -OCH3 is 1. The maximum absolute atomic E-state index is 12.4. The van der Waals surface area contributed by atoms with Gasteiger partial charge < -0.3 is 10.1 Å². The number of hydrogen-bond acceptors (Lipinski definition) is 4. The zero-order chi connectivity index (χ0) is 20.6. The van der Waals surface area contributed by atoms with Crippen molar-refractivity contribution in [1.82, 2.24) is 15.5 Å². The molecular formula is C23H22N4O2. The zero-order valence-corrected chi connectivity index (χ0v) is 16.4. The van der Waals surface area contributed by atoms with Crippen LogP contribution in [-0.2, 0) is 11.2 Å². The largest absolute Gasteiger partial charge is 0.497 e. The second-order valence-corrected chi connectivity index (χ2v) is 6.59. The van der Waals surface area contributed by atoms with Gasteiger partial charge in [0, 0.05) is 17.7 Å². The molecule has 0 unspecified atom stereocenters. The lowest BCUT2D eigenvalue weighted by molar-refractivity contribution is -0.117. The van der Waals surface area contributed by atoms with E-state index < -0.39 is 5.91 Å². The number of carbonyl (C=O) groups is 1. The summed E-state index contributed by atoms with van der Waals surface area (Å²) in [5.74, 6) is 0.383. The van der Waals surface area contributed by atoms with Crippen molar-refractivity contribution in [3.8, 4) is 23.1 Å². The Morgan fingerprint density at radius 3 is 2.59 bits per heavy atom. The molecular weight excluding hydrogens is 364 g/mol. The van der Waals surface area contributed by atoms with Crippen LogP contribution in [0.15, 0.2) is 60.3 Å².